The molecule has 0 spiro atoms. The van der Waals surface area contributed by atoms with E-state index in [1.165, 1.54) is 36.1 Å². The van der Waals surface area contributed by atoms with Crippen LogP contribution < -0.4 is 15.0 Å². The summed E-state index contributed by atoms with van der Waals surface area (Å²) >= 11 is 0. The molecule has 0 bridgehead atoms. The number of rotatable bonds is 7. The van der Waals surface area contributed by atoms with Crippen LogP contribution in [-0.2, 0) is 11.2 Å². The number of likely N-dealkylation sites (N-methyl/N-ethyl adjacent to an activating group) is 1. The van der Waals surface area contributed by atoms with Gasteiger partial charge in [0.25, 0.3) is 5.91 Å². The molecule has 154 valence electrons. The van der Waals surface area contributed by atoms with Crippen molar-refractivity contribution >= 4 is 11.6 Å². The van der Waals surface area contributed by atoms with E-state index in [2.05, 4.69) is 40.4 Å². The van der Waals surface area contributed by atoms with Gasteiger partial charge in [-0.1, -0.05) is 36.8 Å². The lowest BCUT2D eigenvalue weighted by Crippen LogP contribution is -2.41. The summed E-state index contributed by atoms with van der Waals surface area (Å²) in [6, 6.07) is 16.5. The highest BCUT2D eigenvalue weighted by Gasteiger charge is 2.25. The number of piperidine rings is 1. The highest BCUT2D eigenvalue weighted by molar-refractivity contribution is 5.77. The second-order valence-corrected chi connectivity index (χ2v) is 8.08. The predicted octanol–water partition coefficient (Wildman–Crippen LogP) is 3.40. The molecule has 2 aliphatic rings. The Morgan fingerprint density at radius 2 is 1.86 bits per heavy atom. The molecule has 5 heteroatoms. The number of ether oxygens (including phenoxy) is 1. The molecule has 0 aromatic heterocycles. The minimum absolute atomic E-state index is 0.0473. The predicted molar refractivity (Wildman–Crippen MR) is 117 cm³/mol. The summed E-state index contributed by atoms with van der Waals surface area (Å²) in [5.41, 5.74) is 4.07. The van der Waals surface area contributed by atoms with Crippen LogP contribution in [0.25, 0.3) is 0 Å². The molecule has 0 saturated carbocycles. The number of carbonyl (C=O) groups excluding carboxylic acids is 1. The van der Waals surface area contributed by atoms with Crippen molar-refractivity contribution in [2.45, 2.75) is 31.7 Å². The van der Waals surface area contributed by atoms with Gasteiger partial charge in [-0.05, 0) is 61.7 Å². The van der Waals surface area contributed by atoms with Crippen molar-refractivity contribution in [2.24, 2.45) is 0 Å². The van der Waals surface area contributed by atoms with Gasteiger partial charge in [0.2, 0.25) is 0 Å². The Hall–Kier alpha value is -2.53. The largest absolute Gasteiger partial charge is 0.484 e. The van der Waals surface area contributed by atoms with Crippen LogP contribution in [0.5, 0.6) is 5.75 Å². The van der Waals surface area contributed by atoms with Gasteiger partial charge in [0, 0.05) is 25.8 Å². The van der Waals surface area contributed by atoms with E-state index in [4.69, 9.17) is 4.74 Å². The first-order valence-corrected chi connectivity index (χ1v) is 10.7. The van der Waals surface area contributed by atoms with Gasteiger partial charge in [-0.15, -0.1) is 0 Å². The number of para-hydroxylation sites is 1. The first-order chi connectivity index (χ1) is 14.2. The zero-order valence-electron chi connectivity index (χ0n) is 17.3. The molecule has 2 aromatic rings. The molecule has 2 aromatic carbocycles. The quantitative estimate of drug-likeness (QED) is 0.783. The summed E-state index contributed by atoms with van der Waals surface area (Å²) < 4.78 is 5.59. The van der Waals surface area contributed by atoms with E-state index < -0.39 is 0 Å². The van der Waals surface area contributed by atoms with E-state index >= 15 is 0 Å². The smallest absolute Gasteiger partial charge is 0.258 e. The highest BCUT2D eigenvalue weighted by atomic mass is 16.5. The number of fused-ring (bicyclic) bond motifs is 1. The normalized spacial score (nSPS) is 17.6. The Bertz CT molecular complexity index is 818. The molecule has 4 rings (SSSR count). The standard InChI is InChI=1S/C24H31N3O2/c1-26-15-12-20-16-19(10-11-22(20)26)23(27-13-6-3-7-14-27)17-25-24(28)18-29-21-8-4-2-5-9-21/h2,4-5,8-11,16,23H,3,6-7,12-15,17-18H2,1H3,(H,25,28)/t23-/m0/s1. The van der Waals surface area contributed by atoms with Gasteiger partial charge in [0.05, 0.1) is 6.04 Å². The van der Waals surface area contributed by atoms with Crippen molar-refractivity contribution in [3.63, 3.8) is 0 Å². The van der Waals surface area contributed by atoms with Crippen LogP contribution in [0, 0.1) is 0 Å². The van der Waals surface area contributed by atoms with E-state index in [1.807, 2.05) is 30.3 Å². The topological polar surface area (TPSA) is 44.8 Å². The molecular formula is C24H31N3O2. The van der Waals surface area contributed by atoms with Crippen LogP contribution in [0.2, 0.25) is 0 Å². The van der Waals surface area contributed by atoms with E-state index in [0.29, 0.717) is 6.54 Å². The minimum atomic E-state index is -0.0724. The maximum atomic E-state index is 12.4. The Morgan fingerprint density at radius 1 is 1.07 bits per heavy atom. The van der Waals surface area contributed by atoms with Gasteiger partial charge < -0.3 is 15.0 Å². The highest BCUT2D eigenvalue weighted by Crippen LogP contribution is 2.32. The van der Waals surface area contributed by atoms with Crippen molar-refractivity contribution in [3.05, 3.63) is 59.7 Å². The van der Waals surface area contributed by atoms with Crippen LogP contribution in [0.3, 0.4) is 0 Å². The molecule has 0 aliphatic carbocycles. The molecule has 5 nitrogen and oxygen atoms in total. The van der Waals surface area contributed by atoms with Gasteiger partial charge in [0.15, 0.2) is 6.61 Å². The van der Waals surface area contributed by atoms with Crippen LogP contribution >= 0.6 is 0 Å². The fourth-order valence-electron chi connectivity index (χ4n) is 4.41. The van der Waals surface area contributed by atoms with Gasteiger partial charge in [0.1, 0.15) is 5.75 Å². The van der Waals surface area contributed by atoms with E-state index in [-0.39, 0.29) is 18.6 Å². The summed E-state index contributed by atoms with van der Waals surface area (Å²) in [4.78, 5) is 17.3. The zero-order valence-corrected chi connectivity index (χ0v) is 17.3. The third kappa shape index (κ3) is 4.91. The Balaban J connectivity index is 1.41. The van der Waals surface area contributed by atoms with Crippen LogP contribution in [0.4, 0.5) is 5.69 Å². The average molecular weight is 394 g/mol. The third-order valence-corrected chi connectivity index (χ3v) is 6.05. The van der Waals surface area contributed by atoms with Crippen molar-refractivity contribution in [1.29, 1.82) is 0 Å². The molecule has 2 aliphatic heterocycles. The Labute approximate surface area is 173 Å². The maximum Gasteiger partial charge on any atom is 0.258 e. The number of carbonyl (C=O) groups is 1. The molecule has 1 N–H and O–H groups in total. The number of nitrogens with one attached hydrogen (secondary N) is 1. The van der Waals surface area contributed by atoms with Crippen molar-refractivity contribution < 1.29 is 9.53 Å². The number of hydrogen-bond donors (Lipinski definition) is 1. The monoisotopic (exact) mass is 393 g/mol. The average Bonchev–Trinajstić information content (AvgIpc) is 3.14. The van der Waals surface area contributed by atoms with Crippen molar-refractivity contribution in [1.82, 2.24) is 10.2 Å². The molecule has 0 unspecified atom stereocenters. The van der Waals surface area contributed by atoms with E-state index in [1.54, 1.807) is 0 Å². The van der Waals surface area contributed by atoms with E-state index in [0.717, 1.165) is 31.8 Å². The second-order valence-electron chi connectivity index (χ2n) is 8.08. The lowest BCUT2D eigenvalue weighted by molar-refractivity contribution is -0.123. The molecular weight excluding hydrogens is 362 g/mol. The molecule has 1 atom stereocenters. The molecule has 1 fully saturated rings. The summed E-state index contributed by atoms with van der Waals surface area (Å²) in [6.07, 6.45) is 4.86. The molecule has 2 heterocycles. The number of hydrogen-bond acceptors (Lipinski definition) is 4. The number of likely N-dealkylation sites (tertiary alicyclic amines) is 1. The van der Waals surface area contributed by atoms with Gasteiger partial charge in [-0.25, -0.2) is 0 Å². The van der Waals surface area contributed by atoms with Crippen LogP contribution in [-0.4, -0.2) is 50.6 Å². The lowest BCUT2D eigenvalue weighted by atomic mass is 9.98. The molecule has 1 saturated heterocycles. The SMILES string of the molecule is CN1CCc2cc([C@H](CNC(=O)COc3ccccc3)N3CCCCC3)ccc21. The van der Waals surface area contributed by atoms with Crippen LogP contribution in [0.15, 0.2) is 48.5 Å². The van der Waals surface area contributed by atoms with Gasteiger partial charge in [-0.3, -0.25) is 9.69 Å². The van der Waals surface area contributed by atoms with Crippen molar-refractivity contribution in [3.8, 4) is 5.75 Å². The lowest BCUT2D eigenvalue weighted by Gasteiger charge is -2.35. The van der Waals surface area contributed by atoms with Gasteiger partial charge >= 0.3 is 0 Å². The fourth-order valence-corrected chi connectivity index (χ4v) is 4.41. The summed E-state index contributed by atoms with van der Waals surface area (Å²) in [5, 5.41) is 3.11. The zero-order chi connectivity index (χ0) is 20.1. The fraction of sp³-hybridized carbons (Fsp3) is 0.458. The number of benzene rings is 2. The minimum Gasteiger partial charge on any atom is -0.484 e. The second kappa shape index (κ2) is 9.31. The molecule has 1 amide bonds. The first kappa shape index (κ1) is 19.8. The maximum absolute atomic E-state index is 12.4. The molecule has 0 radical (unpaired) electrons. The number of nitrogens with zero attached hydrogens (tertiary/aromatic N) is 2. The summed E-state index contributed by atoms with van der Waals surface area (Å²) in [5.74, 6) is 0.648. The van der Waals surface area contributed by atoms with Crippen LogP contribution in [0.1, 0.15) is 36.4 Å². The Kier molecular flexibility index (Phi) is 6.35. The Morgan fingerprint density at radius 3 is 2.66 bits per heavy atom. The van der Waals surface area contributed by atoms with E-state index in [9.17, 15) is 4.79 Å². The van der Waals surface area contributed by atoms with Crippen molar-refractivity contribution in [2.75, 3.05) is 44.7 Å². The summed E-state index contributed by atoms with van der Waals surface area (Å²) in [7, 11) is 2.15. The number of amides is 1. The summed E-state index contributed by atoms with van der Waals surface area (Å²) in [6.45, 7) is 3.94. The number of anilines is 1. The third-order valence-electron chi connectivity index (χ3n) is 6.05. The first-order valence-electron chi connectivity index (χ1n) is 10.7. The molecule has 29 heavy (non-hydrogen) atoms. The van der Waals surface area contributed by atoms with Gasteiger partial charge in [-0.2, -0.15) is 0 Å².